The summed E-state index contributed by atoms with van der Waals surface area (Å²) in [7, 11) is 0. The van der Waals surface area contributed by atoms with Crippen molar-refractivity contribution in [2.45, 2.75) is 123 Å². The predicted octanol–water partition coefficient (Wildman–Crippen LogP) is 5.80. The molecule has 0 unspecified atom stereocenters. The molecule has 0 aromatic rings. The van der Waals surface area contributed by atoms with Gasteiger partial charge in [-0.1, -0.05) is 104 Å². The van der Waals surface area contributed by atoms with E-state index >= 15 is 0 Å². The van der Waals surface area contributed by atoms with Crippen LogP contribution in [-0.4, -0.2) is 30.1 Å². The highest BCUT2D eigenvalue weighted by Crippen LogP contribution is 2.13. The third kappa shape index (κ3) is 32.6. The second-order valence-corrected chi connectivity index (χ2v) is 7.74. The molecule has 0 aromatic heterocycles. The van der Waals surface area contributed by atoms with Gasteiger partial charge in [-0.25, -0.2) is 0 Å². The van der Waals surface area contributed by atoms with Gasteiger partial charge in [0.15, 0.2) is 0 Å². The Balaban J connectivity index is 0. The molecule has 0 bridgehead atoms. The molecule has 168 valence electrons. The van der Waals surface area contributed by atoms with E-state index in [0.29, 0.717) is 6.42 Å². The molecule has 0 spiro atoms. The topological polar surface area (TPSA) is 92.4 Å². The average Bonchev–Trinajstić information content (AvgIpc) is 2.65. The Bertz CT molecular complexity index is 336. The van der Waals surface area contributed by atoms with Gasteiger partial charge in [-0.05, 0) is 19.4 Å². The molecule has 28 heavy (non-hydrogen) atoms. The fourth-order valence-electron chi connectivity index (χ4n) is 3.04. The van der Waals surface area contributed by atoms with Crippen LogP contribution in [0.25, 0.3) is 0 Å². The van der Waals surface area contributed by atoms with Gasteiger partial charge in [0, 0.05) is 6.42 Å². The van der Waals surface area contributed by atoms with Gasteiger partial charge in [-0.3, -0.25) is 9.59 Å². The number of aliphatic carboxylic acids is 1. The van der Waals surface area contributed by atoms with Crippen LogP contribution in [-0.2, 0) is 9.59 Å². The molecule has 0 atom stereocenters. The lowest BCUT2D eigenvalue weighted by Crippen LogP contribution is -2.22. The summed E-state index contributed by atoms with van der Waals surface area (Å²) in [5, 5.41) is 10.8. The number of nitrogens with two attached hydrogens (primary N) is 1. The van der Waals surface area contributed by atoms with Crippen molar-refractivity contribution >= 4 is 11.9 Å². The second kappa shape index (κ2) is 25.9. The zero-order valence-electron chi connectivity index (χ0n) is 18.8. The number of unbranched alkanes of at least 4 members (excludes halogenated alkanes) is 14. The number of carbonyl (C=O) groups is 2. The number of hydrogen-bond donors (Lipinski definition) is 3. The first kappa shape index (κ1) is 29.1. The largest absolute Gasteiger partial charge is 0.480 e. The lowest BCUT2D eigenvalue weighted by atomic mass is 10.0. The number of carboxylic acid groups (broad SMARTS) is 1. The molecule has 0 rings (SSSR count). The van der Waals surface area contributed by atoms with Crippen LogP contribution >= 0.6 is 0 Å². The molecule has 0 aliphatic carbocycles. The van der Waals surface area contributed by atoms with Crippen molar-refractivity contribution in [2.75, 3.05) is 13.1 Å². The molecule has 0 saturated carbocycles. The first-order valence-electron chi connectivity index (χ1n) is 11.7. The van der Waals surface area contributed by atoms with Crippen LogP contribution < -0.4 is 11.1 Å². The van der Waals surface area contributed by atoms with E-state index in [9.17, 15) is 9.59 Å². The molecular formula is C23H48N2O3. The minimum absolute atomic E-state index is 0.0772. The summed E-state index contributed by atoms with van der Waals surface area (Å²) in [6.07, 6.45) is 21.9. The second-order valence-electron chi connectivity index (χ2n) is 7.74. The summed E-state index contributed by atoms with van der Waals surface area (Å²) >= 11 is 0. The van der Waals surface area contributed by atoms with Crippen molar-refractivity contribution in [1.82, 2.24) is 5.32 Å². The minimum Gasteiger partial charge on any atom is -0.480 e. The normalized spacial score (nSPS) is 10.4. The molecule has 5 heteroatoms. The van der Waals surface area contributed by atoms with E-state index in [-0.39, 0.29) is 12.5 Å². The van der Waals surface area contributed by atoms with Gasteiger partial charge in [0.25, 0.3) is 0 Å². The lowest BCUT2D eigenvalue weighted by molar-refractivity contribution is -0.136. The van der Waals surface area contributed by atoms with Crippen molar-refractivity contribution in [1.29, 1.82) is 0 Å². The Morgan fingerprint density at radius 2 is 1.07 bits per heavy atom. The SMILES string of the molecule is CCCCCCCCCCCCCCCCCC(N)=O.CCCNCC(=O)O. The maximum absolute atomic E-state index is 10.6. The van der Waals surface area contributed by atoms with Gasteiger partial charge >= 0.3 is 5.97 Å². The molecule has 0 radical (unpaired) electrons. The van der Waals surface area contributed by atoms with Crippen molar-refractivity contribution < 1.29 is 14.7 Å². The molecule has 5 nitrogen and oxygen atoms in total. The summed E-state index contributed by atoms with van der Waals surface area (Å²) in [4.78, 5) is 20.4. The number of hydrogen-bond acceptors (Lipinski definition) is 3. The molecule has 0 aliphatic rings. The standard InChI is InChI=1S/C18H37NO.C5H11NO2/c1-2-3-4-5-6-7-8-9-10-11-12-13-14-15-16-17-18(19)20;1-2-3-6-4-5(7)8/h2-17H2,1H3,(H2,19,20);6H,2-4H2,1H3,(H,7,8). The predicted molar refractivity (Wildman–Crippen MR) is 120 cm³/mol. The Kier molecular flexibility index (Phi) is 26.9. The molecule has 0 heterocycles. The van der Waals surface area contributed by atoms with E-state index < -0.39 is 5.97 Å². The smallest absolute Gasteiger partial charge is 0.317 e. The van der Waals surface area contributed by atoms with Crippen LogP contribution in [0.3, 0.4) is 0 Å². The maximum atomic E-state index is 10.6. The van der Waals surface area contributed by atoms with Crippen LogP contribution in [0.2, 0.25) is 0 Å². The fourth-order valence-corrected chi connectivity index (χ4v) is 3.04. The molecule has 0 aliphatic heterocycles. The summed E-state index contributed by atoms with van der Waals surface area (Å²) < 4.78 is 0. The summed E-state index contributed by atoms with van der Waals surface area (Å²) in [6.45, 7) is 5.13. The highest BCUT2D eigenvalue weighted by Gasteiger charge is 1.96. The zero-order valence-corrected chi connectivity index (χ0v) is 18.8. The quantitative estimate of drug-likeness (QED) is 0.225. The lowest BCUT2D eigenvalue weighted by Gasteiger charge is -2.03. The van der Waals surface area contributed by atoms with Crippen LogP contribution in [0.15, 0.2) is 0 Å². The van der Waals surface area contributed by atoms with E-state index in [1.807, 2.05) is 6.92 Å². The van der Waals surface area contributed by atoms with Gasteiger partial charge in [0.05, 0.1) is 6.54 Å². The molecule has 0 fully saturated rings. The maximum Gasteiger partial charge on any atom is 0.317 e. The average molecular weight is 401 g/mol. The Labute approximate surface area is 174 Å². The van der Waals surface area contributed by atoms with Gasteiger partial charge in [-0.2, -0.15) is 0 Å². The van der Waals surface area contributed by atoms with Crippen LogP contribution in [0.4, 0.5) is 0 Å². The zero-order chi connectivity index (χ0) is 21.3. The number of carboxylic acids is 1. The van der Waals surface area contributed by atoms with E-state index in [2.05, 4.69) is 12.2 Å². The van der Waals surface area contributed by atoms with Crippen molar-refractivity contribution in [3.05, 3.63) is 0 Å². The highest BCUT2D eigenvalue weighted by molar-refractivity contribution is 5.73. The van der Waals surface area contributed by atoms with Gasteiger partial charge in [0.1, 0.15) is 0 Å². The highest BCUT2D eigenvalue weighted by atomic mass is 16.4. The molecule has 0 aromatic carbocycles. The number of carbonyl (C=O) groups excluding carboxylic acids is 1. The first-order valence-corrected chi connectivity index (χ1v) is 11.7. The minimum atomic E-state index is -0.793. The summed E-state index contributed by atoms with van der Waals surface area (Å²) in [5.74, 6) is -0.946. The molecule has 1 amide bonds. The summed E-state index contributed by atoms with van der Waals surface area (Å²) in [6, 6.07) is 0. The van der Waals surface area contributed by atoms with Crippen LogP contribution in [0.5, 0.6) is 0 Å². The summed E-state index contributed by atoms with van der Waals surface area (Å²) in [5.41, 5.74) is 5.11. The Morgan fingerprint density at radius 3 is 1.39 bits per heavy atom. The van der Waals surface area contributed by atoms with Gasteiger partial charge < -0.3 is 16.2 Å². The molecule has 0 saturated heterocycles. The fraction of sp³-hybridized carbons (Fsp3) is 0.913. The third-order valence-corrected chi connectivity index (χ3v) is 4.73. The number of amides is 1. The number of nitrogens with one attached hydrogen (secondary N) is 1. The van der Waals surface area contributed by atoms with Crippen molar-refractivity contribution in [3.8, 4) is 0 Å². The van der Waals surface area contributed by atoms with Crippen LogP contribution in [0.1, 0.15) is 123 Å². The monoisotopic (exact) mass is 400 g/mol. The third-order valence-electron chi connectivity index (χ3n) is 4.73. The van der Waals surface area contributed by atoms with Crippen LogP contribution in [0, 0.1) is 0 Å². The van der Waals surface area contributed by atoms with Crippen molar-refractivity contribution in [2.24, 2.45) is 5.73 Å². The van der Waals surface area contributed by atoms with E-state index in [4.69, 9.17) is 10.8 Å². The van der Waals surface area contributed by atoms with Crippen molar-refractivity contribution in [3.63, 3.8) is 0 Å². The Hall–Kier alpha value is -1.10. The molecular weight excluding hydrogens is 352 g/mol. The van der Waals surface area contributed by atoms with Gasteiger partial charge in [-0.15, -0.1) is 0 Å². The Morgan fingerprint density at radius 1 is 0.679 bits per heavy atom. The number of rotatable bonds is 20. The first-order chi connectivity index (χ1) is 13.5. The number of primary amides is 1. The van der Waals surface area contributed by atoms with E-state index in [1.54, 1.807) is 0 Å². The van der Waals surface area contributed by atoms with Gasteiger partial charge in [0.2, 0.25) is 5.91 Å². The van der Waals surface area contributed by atoms with E-state index in [0.717, 1.165) is 19.4 Å². The molecule has 4 N–H and O–H groups in total. The van der Waals surface area contributed by atoms with E-state index in [1.165, 1.54) is 89.9 Å².